The molecule has 0 spiro atoms. The van der Waals surface area contributed by atoms with E-state index in [2.05, 4.69) is 15.0 Å². The first-order valence-electron chi connectivity index (χ1n) is 22.7. The molecular weight excluding hydrogens is 880 g/mol. The standard InChI is InChI=1S/C50H56F3N9O6/c1-29(2)48(5)21-43(64)61(45(54)57-48)24-31-11-10-14-36(18-31)59-27-40(68-47(59)66)37-15-7-8-16-39(37)67-28-32-12-9-13-33(17-32)34-20-42(63)60(25-34)41-19-35(38(23-56-41)50(51,52)53)26-62-44(65)22-49(6,30(3)4)58-46(62)55/h7-19,23,29-30,34,40H,20-22,24-28H2,1-6H3,(H2,54,57)(H2,55,58). The van der Waals surface area contributed by atoms with E-state index in [1.54, 1.807) is 19.1 Å². The predicted octanol–water partition coefficient (Wildman–Crippen LogP) is 7.82. The first kappa shape index (κ1) is 47.5. The summed E-state index contributed by atoms with van der Waals surface area (Å²) >= 11 is 0. The van der Waals surface area contributed by atoms with Crippen LogP contribution in [0.4, 0.5) is 29.5 Å². The van der Waals surface area contributed by atoms with E-state index in [-0.39, 0.29) is 98.4 Å². The van der Waals surface area contributed by atoms with E-state index >= 15 is 0 Å². The van der Waals surface area contributed by atoms with Gasteiger partial charge in [0.2, 0.25) is 17.7 Å². The number of rotatable bonds is 13. The smallest absolute Gasteiger partial charge is 0.418 e. The van der Waals surface area contributed by atoms with Gasteiger partial charge in [0.1, 0.15) is 18.2 Å². The van der Waals surface area contributed by atoms with E-state index in [0.29, 0.717) is 23.2 Å². The molecule has 358 valence electrons. The molecule has 4 atom stereocenters. The summed E-state index contributed by atoms with van der Waals surface area (Å²) in [7, 11) is 0. The molecule has 8 rings (SSSR count). The van der Waals surface area contributed by atoms with Gasteiger partial charge in [0.05, 0.1) is 49.1 Å². The van der Waals surface area contributed by atoms with Crippen LogP contribution in [0.15, 0.2) is 95.0 Å². The average molecular weight is 936 g/mol. The van der Waals surface area contributed by atoms with E-state index in [1.165, 1.54) is 20.8 Å². The molecule has 4 unspecified atom stereocenters. The maximum Gasteiger partial charge on any atom is 0.418 e. The maximum atomic E-state index is 14.3. The zero-order valence-electron chi connectivity index (χ0n) is 38.9. The van der Waals surface area contributed by atoms with Crippen LogP contribution in [-0.4, -0.2) is 74.7 Å². The number of pyridine rings is 1. The Morgan fingerprint density at radius 3 is 2.04 bits per heavy atom. The summed E-state index contributed by atoms with van der Waals surface area (Å²) in [4.78, 5) is 71.9. The third kappa shape index (κ3) is 9.58. The van der Waals surface area contributed by atoms with E-state index in [1.807, 2.05) is 95.3 Å². The molecule has 2 fully saturated rings. The molecule has 3 aromatic carbocycles. The summed E-state index contributed by atoms with van der Waals surface area (Å²) in [5.74, 6) is -0.554. The zero-order valence-corrected chi connectivity index (χ0v) is 38.9. The molecule has 0 radical (unpaired) electrons. The van der Waals surface area contributed by atoms with Gasteiger partial charge in [-0.25, -0.2) is 19.8 Å². The number of ether oxygens (including phenoxy) is 2. The Morgan fingerprint density at radius 2 is 1.40 bits per heavy atom. The van der Waals surface area contributed by atoms with Gasteiger partial charge in [0, 0.05) is 36.3 Å². The number of nitrogens with zero attached hydrogens (tertiary/aromatic N) is 7. The number of alkyl halides is 3. The minimum absolute atomic E-state index is 0.0179. The van der Waals surface area contributed by atoms with Crippen molar-refractivity contribution in [1.82, 2.24) is 14.8 Å². The van der Waals surface area contributed by atoms with Crippen LogP contribution >= 0.6 is 0 Å². The van der Waals surface area contributed by atoms with Crippen LogP contribution in [0.2, 0.25) is 0 Å². The number of halogens is 3. The second-order valence-corrected chi connectivity index (χ2v) is 19.1. The summed E-state index contributed by atoms with van der Waals surface area (Å²) in [6.07, 6.45) is -4.97. The van der Waals surface area contributed by atoms with E-state index in [4.69, 9.17) is 20.9 Å². The van der Waals surface area contributed by atoms with Gasteiger partial charge >= 0.3 is 12.3 Å². The molecule has 0 aliphatic carbocycles. The summed E-state index contributed by atoms with van der Waals surface area (Å²) in [5.41, 5.74) is 13.5. The number of para-hydroxylation sites is 1. The Kier molecular flexibility index (Phi) is 12.8. The van der Waals surface area contributed by atoms with E-state index in [9.17, 15) is 32.3 Å². The van der Waals surface area contributed by atoms with Crippen molar-refractivity contribution >= 4 is 47.2 Å². The largest absolute Gasteiger partial charge is 0.488 e. The number of aliphatic imine (C=N–C) groups is 2. The highest BCUT2D eigenvalue weighted by atomic mass is 19.4. The molecule has 0 bridgehead atoms. The number of benzene rings is 3. The Morgan fingerprint density at radius 1 is 0.765 bits per heavy atom. The summed E-state index contributed by atoms with van der Waals surface area (Å²) in [6.45, 7) is 11.7. The Hall–Kier alpha value is -6.98. The van der Waals surface area contributed by atoms with Gasteiger partial charge in [-0.1, -0.05) is 82.3 Å². The van der Waals surface area contributed by atoms with Crippen molar-refractivity contribution in [1.29, 1.82) is 0 Å². The van der Waals surface area contributed by atoms with Crippen LogP contribution in [0.5, 0.6) is 5.75 Å². The zero-order chi connectivity index (χ0) is 48.9. The number of amides is 4. The lowest BCUT2D eigenvalue weighted by atomic mass is 9.84. The Bertz CT molecular complexity index is 2710. The summed E-state index contributed by atoms with van der Waals surface area (Å²) < 4.78 is 55.1. The number of hydrogen-bond acceptors (Lipinski definition) is 11. The number of aromatic nitrogens is 1. The van der Waals surface area contributed by atoms with Gasteiger partial charge in [-0.15, -0.1) is 0 Å². The van der Waals surface area contributed by atoms with Crippen molar-refractivity contribution in [2.24, 2.45) is 33.3 Å². The number of hydrogen-bond donors (Lipinski definition) is 2. The Balaban J connectivity index is 0.930. The predicted molar refractivity (Wildman–Crippen MR) is 249 cm³/mol. The third-order valence-electron chi connectivity index (χ3n) is 13.9. The molecule has 1 aromatic heterocycles. The monoisotopic (exact) mass is 935 g/mol. The van der Waals surface area contributed by atoms with Gasteiger partial charge in [-0.05, 0) is 72.2 Å². The molecule has 4 aliphatic rings. The third-order valence-corrected chi connectivity index (χ3v) is 13.9. The van der Waals surface area contributed by atoms with E-state index < -0.39 is 47.5 Å². The lowest BCUT2D eigenvalue weighted by Crippen LogP contribution is -2.51. The minimum Gasteiger partial charge on any atom is -0.488 e. The number of anilines is 2. The van der Waals surface area contributed by atoms with Gasteiger partial charge in [-0.3, -0.25) is 34.0 Å². The van der Waals surface area contributed by atoms with Gasteiger partial charge in [-0.2, -0.15) is 13.2 Å². The van der Waals surface area contributed by atoms with Crippen LogP contribution in [0.1, 0.15) is 106 Å². The Labute approximate surface area is 393 Å². The molecule has 18 heteroatoms. The van der Waals surface area contributed by atoms with Gasteiger partial charge in [0.25, 0.3) is 0 Å². The molecule has 4 aliphatic heterocycles. The molecule has 15 nitrogen and oxygen atoms in total. The molecule has 68 heavy (non-hydrogen) atoms. The number of carbonyl (C=O) groups excluding carboxylic acids is 4. The fourth-order valence-corrected chi connectivity index (χ4v) is 8.94. The van der Waals surface area contributed by atoms with E-state index in [0.717, 1.165) is 21.6 Å². The number of carbonyl (C=O) groups is 4. The fraction of sp³-hybridized carbons (Fsp3) is 0.420. The quantitative estimate of drug-likeness (QED) is 0.135. The van der Waals surface area contributed by atoms with Gasteiger partial charge in [0.15, 0.2) is 18.0 Å². The molecule has 5 heterocycles. The number of cyclic esters (lactones) is 1. The first-order valence-corrected chi connectivity index (χ1v) is 22.7. The molecule has 4 N–H and O–H groups in total. The maximum absolute atomic E-state index is 14.3. The fourth-order valence-electron chi connectivity index (χ4n) is 8.94. The van der Waals surface area contributed by atoms with Crippen molar-refractivity contribution in [2.45, 2.75) is 110 Å². The normalized spacial score (nSPS) is 23.5. The molecule has 4 aromatic rings. The molecule has 4 amide bonds. The van der Waals surface area contributed by atoms with Crippen LogP contribution < -0.4 is 26.0 Å². The highest BCUT2D eigenvalue weighted by molar-refractivity contribution is 6.00. The first-order chi connectivity index (χ1) is 32.1. The highest BCUT2D eigenvalue weighted by Crippen LogP contribution is 2.39. The second kappa shape index (κ2) is 18.3. The van der Waals surface area contributed by atoms with Crippen molar-refractivity contribution in [3.63, 3.8) is 0 Å². The lowest BCUT2D eigenvalue weighted by molar-refractivity contribution is -0.139. The topological polar surface area (TPSA) is 189 Å². The van der Waals surface area contributed by atoms with Crippen LogP contribution in [-0.2, 0) is 45.0 Å². The molecular formula is C50H56F3N9O6. The molecule has 0 saturated carbocycles. The minimum atomic E-state index is -4.78. The summed E-state index contributed by atoms with van der Waals surface area (Å²) in [5, 5.41) is 0. The number of guanidine groups is 2. The van der Waals surface area contributed by atoms with Crippen LogP contribution in [0, 0.1) is 11.8 Å². The summed E-state index contributed by atoms with van der Waals surface area (Å²) in [6, 6.07) is 23.3. The molecule has 2 saturated heterocycles. The van der Waals surface area contributed by atoms with Crippen molar-refractivity contribution in [3.8, 4) is 5.75 Å². The SMILES string of the molecule is CC(C)C1(C)CC(=O)N(Cc2cccc(N3CC(c4ccccc4OCc4cccc(C5CC(=O)N(c6cc(CN7C(=O)CC(C)(C(C)C)N=C7N)c(C(F)(F)F)cn6)C5)c4)OC3=O)c2)C(N)=N1. The van der Waals surface area contributed by atoms with Gasteiger partial charge < -0.3 is 20.9 Å². The number of nitrogens with two attached hydrogens (primary N) is 2. The average Bonchev–Trinajstić information content (AvgIpc) is 3.87. The second-order valence-electron chi connectivity index (χ2n) is 19.1. The van der Waals surface area contributed by atoms with Crippen molar-refractivity contribution < 1.29 is 41.8 Å². The highest BCUT2D eigenvalue weighted by Gasteiger charge is 2.42. The van der Waals surface area contributed by atoms with Crippen molar-refractivity contribution in [3.05, 3.63) is 118 Å². The van der Waals surface area contributed by atoms with Crippen LogP contribution in [0.3, 0.4) is 0 Å². The van der Waals surface area contributed by atoms with Crippen LogP contribution in [0.25, 0.3) is 0 Å². The van der Waals surface area contributed by atoms with Crippen molar-refractivity contribution in [2.75, 3.05) is 22.9 Å². The lowest BCUT2D eigenvalue weighted by Gasteiger charge is -2.37.